The lowest BCUT2D eigenvalue weighted by atomic mass is 9.84. The topological polar surface area (TPSA) is 82.6 Å². The number of nitrogens with one attached hydrogen (secondary N) is 1. The third-order valence-corrected chi connectivity index (χ3v) is 6.46. The first kappa shape index (κ1) is 18.3. The second kappa shape index (κ2) is 7.31. The smallest absolute Gasteiger partial charge is 0.261 e. The Bertz CT molecular complexity index is 1290. The van der Waals surface area contributed by atoms with Crippen LogP contribution in [0.3, 0.4) is 0 Å². The number of piperidine rings is 1. The van der Waals surface area contributed by atoms with Gasteiger partial charge in [-0.25, -0.2) is 14.6 Å². The summed E-state index contributed by atoms with van der Waals surface area (Å²) in [4.78, 5) is 22.1. The van der Waals surface area contributed by atoms with E-state index in [1.165, 1.54) is 12.7 Å². The van der Waals surface area contributed by atoms with Crippen molar-refractivity contribution in [1.29, 1.82) is 0 Å². The first-order valence-corrected chi connectivity index (χ1v) is 10.7. The average Bonchev–Trinajstić information content (AvgIpc) is 3.48. The van der Waals surface area contributed by atoms with Crippen molar-refractivity contribution in [3.05, 3.63) is 83.1 Å². The van der Waals surface area contributed by atoms with Crippen LogP contribution in [-0.4, -0.2) is 42.0 Å². The molecule has 0 radical (unpaired) electrons. The van der Waals surface area contributed by atoms with Gasteiger partial charge >= 0.3 is 0 Å². The van der Waals surface area contributed by atoms with Crippen molar-refractivity contribution >= 4 is 0 Å². The fourth-order valence-electron chi connectivity index (χ4n) is 5.03. The van der Waals surface area contributed by atoms with Gasteiger partial charge in [-0.3, -0.25) is 4.79 Å². The molecule has 6 rings (SSSR count). The highest BCUT2D eigenvalue weighted by molar-refractivity contribution is 5.55. The summed E-state index contributed by atoms with van der Waals surface area (Å²) in [6, 6.07) is 12.1. The van der Waals surface area contributed by atoms with E-state index in [1.807, 2.05) is 39.6 Å². The number of aromatic nitrogens is 6. The van der Waals surface area contributed by atoms with E-state index < -0.39 is 0 Å². The highest BCUT2D eigenvalue weighted by Crippen LogP contribution is 2.32. The number of hydrogen-bond acceptors (Lipinski definition) is 5. The summed E-state index contributed by atoms with van der Waals surface area (Å²) in [5.41, 5.74) is 3.89. The molecule has 8 nitrogen and oxygen atoms in total. The SMILES string of the molecule is O=c1c(-c2nccn2Cc2ccccc2-n2cncn2)ccc2n1C[C@@H]1CNC[C@H]2C1. The molecule has 1 saturated heterocycles. The van der Waals surface area contributed by atoms with E-state index in [2.05, 4.69) is 32.5 Å². The van der Waals surface area contributed by atoms with Gasteiger partial charge in [0.25, 0.3) is 5.56 Å². The maximum absolute atomic E-state index is 13.5. The maximum atomic E-state index is 13.5. The van der Waals surface area contributed by atoms with Gasteiger partial charge in [0.1, 0.15) is 18.5 Å². The Labute approximate surface area is 179 Å². The van der Waals surface area contributed by atoms with Crippen molar-refractivity contribution in [2.45, 2.75) is 25.4 Å². The van der Waals surface area contributed by atoms with E-state index in [0.29, 0.717) is 29.8 Å². The van der Waals surface area contributed by atoms with Crippen LogP contribution in [0.4, 0.5) is 0 Å². The molecule has 0 aliphatic carbocycles. The van der Waals surface area contributed by atoms with E-state index in [-0.39, 0.29) is 5.56 Å². The number of para-hydroxylation sites is 1. The zero-order valence-corrected chi connectivity index (χ0v) is 17.1. The van der Waals surface area contributed by atoms with Gasteiger partial charge in [-0.1, -0.05) is 18.2 Å². The Morgan fingerprint density at radius 1 is 1.13 bits per heavy atom. The summed E-state index contributed by atoms with van der Waals surface area (Å²) in [6.07, 6.45) is 8.07. The van der Waals surface area contributed by atoms with Crippen molar-refractivity contribution in [1.82, 2.24) is 34.2 Å². The van der Waals surface area contributed by atoms with Gasteiger partial charge in [-0.2, -0.15) is 5.10 Å². The third kappa shape index (κ3) is 3.11. The molecule has 2 atom stereocenters. The van der Waals surface area contributed by atoms with Crippen molar-refractivity contribution < 1.29 is 0 Å². The predicted octanol–water partition coefficient (Wildman–Crippen LogP) is 2.05. The van der Waals surface area contributed by atoms with Crippen LogP contribution >= 0.6 is 0 Å². The summed E-state index contributed by atoms with van der Waals surface area (Å²) in [5.74, 6) is 1.64. The highest BCUT2D eigenvalue weighted by Gasteiger charge is 2.31. The fourth-order valence-corrected chi connectivity index (χ4v) is 5.03. The summed E-state index contributed by atoms with van der Waals surface area (Å²) < 4.78 is 5.77. The summed E-state index contributed by atoms with van der Waals surface area (Å²) in [6.45, 7) is 3.30. The van der Waals surface area contributed by atoms with Crippen LogP contribution in [0.15, 0.2) is 66.2 Å². The van der Waals surface area contributed by atoms with Gasteiger partial charge in [0.2, 0.25) is 0 Å². The molecule has 156 valence electrons. The van der Waals surface area contributed by atoms with Crippen molar-refractivity contribution in [2.24, 2.45) is 5.92 Å². The van der Waals surface area contributed by atoms with Gasteiger partial charge in [-0.05, 0) is 42.6 Å². The van der Waals surface area contributed by atoms with Crippen LogP contribution in [0.2, 0.25) is 0 Å². The van der Waals surface area contributed by atoms with Crippen LogP contribution in [0.25, 0.3) is 17.1 Å². The standard InChI is InChI=1S/C23H23N7O/c31-23-19(5-6-20-18-9-16(10-24-11-18)12-29(20)23)22-26-7-8-28(22)13-17-3-1-2-4-21(17)30-15-25-14-27-30/h1-8,14-16,18,24H,9-13H2/t16-,18+/m0/s1. The molecule has 31 heavy (non-hydrogen) atoms. The van der Waals surface area contributed by atoms with Gasteiger partial charge < -0.3 is 14.5 Å². The maximum Gasteiger partial charge on any atom is 0.261 e. The molecule has 1 N–H and O–H groups in total. The largest absolute Gasteiger partial charge is 0.326 e. The van der Waals surface area contributed by atoms with Crippen LogP contribution in [0.1, 0.15) is 23.6 Å². The Kier molecular flexibility index (Phi) is 4.31. The molecule has 3 aromatic heterocycles. The third-order valence-electron chi connectivity index (χ3n) is 6.46. The monoisotopic (exact) mass is 413 g/mol. The minimum Gasteiger partial charge on any atom is -0.326 e. The minimum atomic E-state index is 0.0612. The predicted molar refractivity (Wildman–Crippen MR) is 116 cm³/mol. The number of rotatable bonds is 4. The number of imidazole rings is 1. The highest BCUT2D eigenvalue weighted by atomic mass is 16.1. The van der Waals surface area contributed by atoms with Gasteiger partial charge in [0.05, 0.1) is 17.8 Å². The van der Waals surface area contributed by atoms with E-state index in [9.17, 15) is 4.79 Å². The lowest BCUT2D eigenvalue weighted by Crippen LogP contribution is -2.45. The number of fused-ring (bicyclic) bond motifs is 4. The number of benzene rings is 1. The van der Waals surface area contributed by atoms with E-state index in [4.69, 9.17) is 0 Å². The Morgan fingerprint density at radius 2 is 2.06 bits per heavy atom. The van der Waals surface area contributed by atoms with Gasteiger partial charge in [0, 0.05) is 37.1 Å². The van der Waals surface area contributed by atoms with Crippen LogP contribution in [0.5, 0.6) is 0 Å². The van der Waals surface area contributed by atoms with Gasteiger partial charge in [-0.15, -0.1) is 0 Å². The summed E-state index contributed by atoms with van der Waals surface area (Å²) in [5, 5.41) is 7.77. The van der Waals surface area contributed by atoms with Crippen LogP contribution in [0, 0.1) is 5.92 Å². The lowest BCUT2D eigenvalue weighted by Gasteiger charge is -2.37. The van der Waals surface area contributed by atoms with Crippen molar-refractivity contribution in [2.75, 3.05) is 13.1 Å². The molecule has 2 bridgehead atoms. The number of hydrogen-bond donors (Lipinski definition) is 1. The molecule has 5 heterocycles. The number of pyridine rings is 1. The summed E-state index contributed by atoms with van der Waals surface area (Å²) >= 11 is 0. The first-order valence-electron chi connectivity index (χ1n) is 10.7. The molecule has 8 heteroatoms. The number of nitrogens with zero attached hydrogens (tertiary/aromatic N) is 6. The van der Waals surface area contributed by atoms with Gasteiger partial charge in [0.15, 0.2) is 0 Å². The molecule has 1 fully saturated rings. The minimum absolute atomic E-state index is 0.0612. The molecule has 1 aromatic carbocycles. The zero-order chi connectivity index (χ0) is 20.8. The molecule has 0 spiro atoms. The molecule has 4 aromatic rings. The molecule has 0 saturated carbocycles. The molecule has 2 aliphatic heterocycles. The normalized spacial score (nSPS) is 19.9. The Morgan fingerprint density at radius 3 is 2.97 bits per heavy atom. The molecular formula is C23H23N7O. The van der Waals surface area contributed by atoms with Crippen LogP contribution < -0.4 is 10.9 Å². The van der Waals surface area contributed by atoms with E-state index >= 15 is 0 Å². The molecule has 0 unspecified atom stereocenters. The molecular weight excluding hydrogens is 390 g/mol. The second-order valence-corrected chi connectivity index (χ2v) is 8.39. The molecule has 2 aliphatic rings. The fraction of sp³-hybridized carbons (Fsp3) is 0.304. The van der Waals surface area contributed by atoms with E-state index in [0.717, 1.165) is 36.6 Å². The van der Waals surface area contributed by atoms with Crippen molar-refractivity contribution in [3.8, 4) is 17.1 Å². The van der Waals surface area contributed by atoms with Crippen LogP contribution in [-0.2, 0) is 13.1 Å². The lowest BCUT2D eigenvalue weighted by molar-refractivity contribution is 0.257. The average molecular weight is 413 g/mol. The Balaban J connectivity index is 1.39. The zero-order valence-electron chi connectivity index (χ0n) is 17.1. The first-order chi connectivity index (χ1) is 15.3. The van der Waals surface area contributed by atoms with Crippen molar-refractivity contribution in [3.63, 3.8) is 0 Å². The quantitative estimate of drug-likeness (QED) is 0.554. The second-order valence-electron chi connectivity index (χ2n) is 8.39. The molecule has 0 amide bonds. The van der Waals surface area contributed by atoms with E-state index in [1.54, 1.807) is 17.2 Å². The Hall–Kier alpha value is -3.52. The summed E-state index contributed by atoms with van der Waals surface area (Å²) in [7, 11) is 0.